The van der Waals surface area contributed by atoms with Gasteiger partial charge in [-0.05, 0) is 19.1 Å². The Hall–Kier alpha value is -1.77. The lowest BCUT2D eigenvalue weighted by Gasteiger charge is -2.32. The quantitative estimate of drug-likeness (QED) is 0.818. The number of pyridine rings is 1. The Bertz CT molecular complexity index is 788. The molecule has 0 spiro atoms. The van der Waals surface area contributed by atoms with E-state index in [9.17, 15) is 8.42 Å². The topological polar surface area (TPSA) is 77.3 Å². The molecule has 0 aromatic carbocycles. The van der Waals surface area contributed by atoms with Gasteiger partial charge in [0.25, 0.3) is 0 Å². The van der Waals surface area contributed by atoms with Gasteiger partial charge in [-0.25, -0.2) is 13.4 Å². The molecule has 3 heterocycles. The second-order valence-electron chi connectivity index (χ2n) is 5.79. The molecule has 23 heavy (non-hydrogen) atoms. The minimum absolute atomic E-state index is 0.0826. The second kappa shape index (κ2) is 6.38. The van der Waals surface area contributed by atoms with E-state index < -0.39 is 10.0 Å². The molecule has 2 aromatic heterocycles. The van der Waals surface area contributed by atoms with E-state index in [0.29, 0.717) is 26.3 Å². The third-order valence-corrected chi connectivity index (χ3v) is 5.08. The van der Waals surface area contributed by atoms with Crippen molar-refractivity contribution in [3.05, 3.63) is 47.8 Å². The first-order valence-corrected chi connectivity index (χ1v) is 9.24. The fraction of sp³-hybridized carbons (Fsp3) is 0.467. The van der Waals surface area contributed by atoms with Crippen molar-refractivity contribution in [3.8, 4) is 0 Å². The average Bonchev–Trinajstić information content (AvgIpc) is 2.95. The van der Waals surface area contributed by atoms with Crippen molar-refractivity contribution >= 4 is 10.0 Å². The maximum atomic E-state index is 11.8. The molecular formula is C15H20N4O3S. The Morgan fingerprint density at radius 3 is 2.96 bits per heavy atom. The number of aromatic nitrogens is 3. The monoisotopic (exact) mass is 336 g/mol. The zero-order valence-electron chi connectivity index (χ0n) is 13.2. The van der Waals surface area contributed by atoms with Gasteiger partial charge >= 0.3 is 0 Å². The predicted molar refractivity (Wildman–Crippen MR) is 85.1 cm³/mol. The summed E-state index contributed by atoms with van der Waals surface area (Å²) in [5.74, 6) is 0. The summed E-state index contributed by atoms with van der Waals surface area (Å²) < 4.78 is 32.9. The molecule has 0 N–H and O–H groups in total. The smallest absolute Gasteiger partial charge is 0.211 e. The maximum absolute atomic E-state index is 11.8. The maximum Gasteiger partial charge on any atom is 0.211 e. The summed E-state index contributed by atoms with van der Waals surface area (Å²) in [4.78, 5) is 8.52. The van der Waals surface area contributed by atoms with Gasteiger partial charge in [-0.3, -0.25) is 4.98 Å². The highest BCUT2D eigenvalue weighted by Gasteiger charge is 2.30. The normalized spacial score (nSPS) is 18.8. The van der Waals surface area contributed by atoms with Crippen LogP contribution in [-0.4, -0.2) is 46.7 Å². The van der Waals surface area contributed by atoms with E-state index in [4.69, 9.17) is 4.74 Å². The van der Waals surface area contributed by atoms with Gasteiger partial charge in [-0.2, -0.15) is 4.31 Å². The number of rotatable bonds is 5. The van der Waals surface area contributed by atoms with Crippen LogP contribution in [0, 0.1) is 6.92 Å². The lowest BCUT2D eigenvalue weighted by molar-refractivity contribution is 0.0735. The number of aryl methyl sites for hydroxylation is 1. The van der Waals surface area contributed by atoms with E-state index in [2.05, 4.69) is 9.97 Å². The zero-order chi connectivity index (χ0) is 16.4. The molecule has 124 valence electrons. The van der Waals surface area contributed by atoms with Crippen LogP contribution in [0.25, 0.3) is 0 Å². The average molecular weight is 336 g/mol. The fourth-order valence-electron chi connectivity index (χ4n) is 2.72. The molecule has 0 saturated heterocycles. The predicted octanol–water partition coefficient (Wildman–Crippen LogP) is 1.12. The highest BCUT2D eigenvalue weighted by atomic mass is 32.2. The molecule has 0 saturated carbocycles. The lowest BCUT2D eigenvalue weighted by Crippen LogP contribution is -2.41. The summed E-state index contributed by atoms with van der Waals surface area (Å²) in [5.41, 5.74) is 2.69. The van der Waals surface area contributed by atoms with Crippen LogP contribution in [0.4, 0.5) is 0 Å². The van der Waals surface area contributed by atoms with Crippen molar-refractivity contribution in [1.29, 1.82) is 0 Å². The highest BCUT2D eigenvalue weighted by Crippen LogP contribution is 2.23. The zero-order valence-corrected chi connectivity index (χ0v) is 14.0. The van der Waals surface area contributed by atoms with E-state index in [1.54, 1.807) is 12.5 Å². The molecule has 7 nitrogen and oxygen atoms in total. The van der Waals surface area contributed by atoms with E-state index >= 15 is 0 Å². The Balaban J connectivity index is 1.67. The third kappa shape index (κ3) is 3.77. The molecule has 3 rings (SSSR count). The van der Waals surface area contributed by atoms with Gasteiger partial charge in [0.2, 0.25) is 10.0 Å². The van der Waals surface area contributed by atoms with Crippen LogP contribution in [0.1, 0.15) is 23.1 Å². The minimum Gasteiger partial charge on any atom is -0.373 e. The molecule has 0 bridgehead atoms. The van der Waals surface area contributed by atoms with Crippen LogP contribution >= 0.6 is 0 Å². The Morgan fingerprint density at radius 1 is 1.39 bits per heavy atom. The first-order valence-electron chi connectivity index (χ1n) is 7.39. The van der Waals surface area contributed by atoms with Crippen LogP contribution in [0.3, 0.4) is 0 Å². The molecule has 0 unspecified atom stereocenters. The third-order valence-electron chi connectivity index (χ3n) is 3.87. The van der Waals surface area contributed by atoms with Gasteiger partial charge in [0, 0.05) is 18.4 Å². The Kier molecular flexibility index (Phi) is 4.47. The summed E-state index contributed by atoms with van der Waals surface area (Å²) in [6, 6.07) is 5.72. The fourth-order valence-corrected chi connectivity index (χ4v) is 3.53. The largest absolute Gasteiger partial charge is 0.373 e. The van der Waals surface area contributed by atoms with Gasteiger partial charge in [-0.15, -0.1) is 0 Å². The van der Waals surface area contributed by atoms with Crippen molar-refractivity contribution in [2.24, 2.45) is 0 Å². The minimum atomic E-state index is -3.24. The SMILES string of the molecule is Cc1cccc(COC[C@H]2CN(S(C)(=O)=O)Cc3cncn32)n1. The number of hydrogen-bond donors (Lipinski definition) is 0. The molecule has 0 fully saturated rings. The second-order valence-corrected chi connectivity index (χ2v) is 7.77. The molecule has 8 heteroatoms. The van der Waals surface area contributed by atoms with Gasteiger partial charge < -0.3 is 9.30 Å². The standard InChI is InChI=1S/C15H20N4O3S/c1-12-4-3-5-13(17-12)9-22-10-15-8-18(23(2,20)21)7-14-6-16-11-19(14)15/h3-6,11,15H,7-10H2,1-2H3/t15-/m1/s1. The Labute approximate surface area is 136 Å². The van der Waals surface area contributed by atoms with Crippen LogP contribution in [0.5, 0.6) is 0 Å². The number of nitrogens with zero attached hydrogens (tertiary/aromatic N) is 4. The van der Waals surface area contributed by atoms with E-state index in [0.717, 1.165) is 17.1 Å². The number of hydrogen-bond acceptors (Lipinski definition) is 5. The highest BCUT2D eigenvalue weighted by molar-refractivity contribution is 7.88. The molecule has 0 radical (unpaired) electrons. The Morgan fingerprint density at radius 2 is 2.22 bits per heavy atom. The van der Waals surface area contributed by atoms with E-state index in [-0.39, 0.29) is 6.04 Å². The summed E-state index contributed by atoms with van der Waals surface area (Å²) >= 11 is 0. The molecule has 1 aliphatic rings. The van der Waals surface area contributed by atoms with Crippen molar-refractivity contribution in [1.82, 2.24) is 18.8 Å². The molecule has 1 atom stereocenters. The summed E-state index contributed by atoms with van der Waals surface area (Å²) in [6.45, 7) is 3.50. The summed E-state index contributed by atoms with van der Waals surface area (Å²) in [7, 11) is -3.24. The van der Waals surface area contributed by atoms with Crippen molar-refractivity contribution in [2.45, 2.75) is 26.1 Å². The molecule has 0 aliphatic carbocycles. The van der Waals surface area contributed by atoms with Gasteiger partial charge in [0.1, 0.15) is 0 Å². The van der Waals surface area contributed by atoms with E-state index in [1.807, 2.05) is 29.7 Å². The van der Waals surface area contributed by atoms with Gasteiger partial charge in [-0.1, -0.05) is 6.07 Å². The number of ether oxygens (including phenoxy) is 1. The van der Waals surface area contributed by atoms with Gasteiger partial charge in [0.05, 0.1) is 49.8 Å². The lowest BCUT2D eigenvalue weighted by atomic mass is 10.2. The van der Waals surface area contributed by atoms with Crippen molar-refractivity contribution in [2.75, 3.05) is 19.4 Å². The summed E-state index contributed by atoms with van der Waals surface area (Å²) in [6.07, 6.45) is 4.66. The van der Waals surface area contributed by atoms with Crippen LogP contribution in [-0.2, 0) is 27.9 Å². The molecule has 0 amide bonds. The number of fused-ring (bicyclic) bond motifs is 1. The first-order chi connectivity index (χ1) is 10.9. The van der Waals surface area contributed by atoms with Crippen LogP contribution in [0.15, 0.2) is 30.7 Å². The van der Waals surface area contributed by atoms with Crippen LogP contribution in [0.2, 0.25) is 0 Å². The van der Waals surface area contributed by atoms with Gasteiger partial charge in [0.15, 0.2) is 0 Å². The van der Waals surface area contributed by atoms with Crippen LogP contribution < -0.4 is 0 Å². The molecule has 2 aromatic rings. The summed E-state index contributed by atoms with van der Waals surface area (Å²) in [5, 5.41) is 0. The molecular weight excluding hydrogens is 316 g/mol. The van der Waals surface area contributed by atoms with Crippen molar-refractivity contribution in [3.63, 3.8) is 0 Å². The number of sulfonamides is 1. The first kappa shape index (κ1) is 16.1. The van der Waals surface area contributed by atoms with Crippen molar-refractivity contribution < 1.29 is 13.2 Å². The molecule has 1 aliphatic heterocycles. The van der Waals surface area contributed by atoms with E-state index in [1.165, 1.54) is 10.6 Å². The number of imidazole rings is 1.